The van der Waals surface area contributed by atoms with Crippen LogP contribution in [0.2, 0.25) is 0 Å². The summed E-state index contributed by atoms with van der Waals surface area (Å²) in [4.78, 5) is 32.5. The fourth-order valence-corrected chi connectivity index (χ4v) is 3.17. The Balaban J connectivity index is 2.07. The second-order valence-corrected chi connectivity index (χ2v) is 6.16. The molecule has 0 radical (unpaired) electrons. The van der Waals surface area contributed by atoms with Gasteiger partial charge in [0.25, 0.3) is 5.91 Å². The highest BCUT2D eigenvalue weighted by atomic mass is 16.2. The van der Waals surface area contributed by atoms with E-state index >= 15 is 0 Å². The number of rotatable bonds is 4. The number of aromatic nitrogens is 2. The number of urea groups is 1. The lowest BCUT2D eigenvalue weighted by molar-refractivity contribution is -0.126. The second-order valence-electron chi connectivity index (χ2n) is 6.16. The van der Waals surface area contributed by atoms with Crippen molar-refractivity contribution in [3.63, 3.8) is 0 Å². The van der Waals surface area contributed by atoms with Gasteiger partial charge in [-0.15, -0.1) is 0 Å². The average molecular weight is 344 g/mol. The number of carbonyl (C=O) groups excluding carboxylic acids is 2. The number of allylic oxidation sites excluding steroid dienone is 1. The van der Waals surface area contributed by atoms with Gasteiger partial charge in [0.05, 0.1) is 5.69 Å². The number of hydrogen-bond acceptors (Lipinski definition) is 5. The van der Waals surface area contributed by atoms with E-state index in [-0.39, 0.29) is 5.91 Å². The second kappa shape index (κ2) is 6.70. The number of aliphatic imine (C=N–C) groups is 1. The summed E-state index contributed by atoms with van der Waals surface area (Å²) in [5, 5.41) is 7.05. The molecule has 0 spiro atoms. The molecule has 2 atom stereocenters. The van der Waals surface area contributed by atoms with Gasteiger partial charge in [0.1, 0.15) is 0 Å². The van der Waals surface area contributed by atoms with E-state index in [2.05, 4.69) is 30.3 Å². The Kier molecular flexibility index (Phi) is 4.61. The lowest BCUT2D eigenvalue weighted by Crippen LogP contribution is -2.63. The molecule has 8 heteroatoms. The Hall–Kier alpha value is -2.64. The van der Waals surface area contributed by atoms with E-state index in [1.165, 1.54) is 4.90 Å². The minimum absolute atomic E-state index is 0.322. The SMILES string of the molecule is C/C=C/CN1C(n2nc(CC)cc2CC)=NC2C1C(=O)NC(=O)N2C. The summed E-state index contributed by atoms with van der Waals surface area (Å²) in [5.41, 5.74) is 2.02. The van der Waals surface area contributed by atoms with Crippen molar-refractivity contribution in [3.8, 4) is 0 Å². The number of amides is 3. The first kappa shape index (κ1) is 17.2. The quantitative estimate of drug-likeness (QED) is 0.826. The fourth-order valence-electron chi connectivity index (χ4n) is 3.17. The number of fused-ring (bicyclic) bond motifs is 1. The van der Waals surface area contributed by atoms with Gasteiger partial charge in [0.2, 0.25) is 5.96 Å². The molecule has 0 aliphatic carbocycles. The van der Waals surface area contributed by atoms with Crippen LogP contribution in [-0.2, 0) is 17.6 Å². The molecule has 25 heavy (non-hydrogen) atoms. The third kappa shape index (κ3) is 2.81. The Labute approximate surface area is 147 Å². The van der Waals surface area contributed by atoms with E-state index in [0.717, 1.165) is 24.2 Å². The molecule has 3 rings (SSSR count). The maximum Gasteiger partial charge on any atom is 0.325 e. The van der Waals surface area contributed by atoms with Crippen LogP contribution < -0.4 is 5.32 Å². The highest BCUT2D eigenvalue weighted by molar-refractivity contribution is 6.04. The van der Waals surface area contributed by atoms with E-state index in [1.54, 1.807) is 7.05 Å². The third-order valence-electron chi connectivity index (χ3n) is 4.62. The molecule has 1 aromatic heterocycles. The zero-order valence-corrected chi connectivity index (χ0v) is 15.1. The molecular weight excluding hydrogens is 320 g/mol. The van der Waals surface area contributed by atoms with Crippen molar-refractivity contribution in [2.45, 2.75) is 45.8 Å². The van der Waals surface area contributed by atoms with Crippen LogP contribution in [0.4, 0.5) is 4.79 Å². The molecule has 0 bridgehead atoms. The summed E-state index contributed by atoms with van der Waals surface area (Å²) in [7, 11) is 1.65. The molecule has 2 aliphatic rings. The lowest BCUT2D eigenvalue weighted by atomic mass is 10.1. The zero-order chi connectivity index (χ0) is 18.1. The van der Waals surface area contributed by atoms with Crippen molar-refractivity contribution < 1.29 is 9.59 Å². The van der Waals surface area contributed by atoms with Crippen molar-refractivity contribution in [2.75, 3.05) is 13.6 Å². The first-order valence-electron chi connectivity index (χ1n) is 8.63. The molecule has 134 valence electrons. The van der Waals surface area contributed by atoms with Crippen molar-refractivity contribution in [1.29, 1.82) is 0 Å². The van der Waals surface area contributed by atoms with Crippen LogP contribution in [0.15, 0.2) is 23.2 Å². The van der Waals surface area contributed by atoms with Gasteiger partial charge in [-0.25, -0.2) is 14.5 Å². The number of likely N-dealkylation sites (N-methyl/N-ethyl adjacent to an activating group) is 1. The van der Waals surface area contributed by atoms with Crippen LogP contribution in [0.3, 0.4) is 0 Å². The number of carbonyl (C=O) groups is 2. The molecule has 8 nitrogen and oxygen atoms in total. The van der Waals surface area contributed by atoms with Gasteiger partial charge >= 0.3 is 6.03 Å². The minimum Gasteiger partial charge on any atom is -0.321 e. The van der Waals surface area contributed by atoms with Crippen molar-refractivity contribution in [1.82, 2.24) is 24.9 Å². The van der Waals surface area contributed by atoms with Crippen molar-refractivity contribution in [3.05, 3.63) is 29.6 Å². The summed E-state index contributed by atoms with van der Waals surface area (Å²) < 4.78 is 1.81. The Morgan fingerprint density at radius 1 is 1.28 bits per heavy atom. The van der Waals surface area contributed by atoms with Crippen molar-refractivity contribution in [2.24, 2.45) is 4.99 Å². The van der Waals surface area contributed by atoms with E-state index in [9.17, 15) is 9.59 Å². The number of hydrogen-bond donors (Lipinski definition) is 1. The first-order chi connectivity index (χ1) is 12.0. The maximum atomic E-state index is 12.5. The monoisotopic (exact) mass is 344 g/mol. The van der Waals surface area contributed by atoms with Gasteiger partial charge in [-0.05, 0) is 25.8 Å². The number of aryl methyl sites for hydroxylation is 2. The Morgan fingerprint density at radius 2 is 2.04 bits per heavy atom. The summed E-state index contributed by atoms with van der Waals surface area (Å²) in [6.45, 7) is 6.58. The summed E-state index contributed by atoms with van der Waals surface area (Å²) in [6.07, 6.45) is 4.99. The number of imide groups is 1. The summed E-state index contributed by atoms with van der Waals surface area (Å²) in [5.74, 6) is 0.290. The molecule has 2 aliphatic heterocycles. The first-order valence-corrected chi connectivity index (χ1v) is 8.63. The fraction of sp³-hybridized carbons (Fsp3) is 0.529. The highest BCUT2D eigenvalue weighted by Gasteiger charge is 2.49. The van der Waals surface area contributed by atoms with Gasteiger partial charge in [0, 0.05) is 19.3 Å². The van der Waals surface area contributed by atoms with Gasteiger partial charge < -0.3 is 9.80 Å². The molecule has 2 unspecified atom stereocenters. The van der Waals surface area contributed by atoms with Gasteiger partial charge in [-0.1, -0.05) is 26.0 Å². The Morgan fingerprint density at radius 3 is 2.68 bits per heavy atom. The van der Waals surface area contributed by atoms with Crippen molar-refractivity contribution >= 4 is 17.9 Å². The molecular formula is C17H24N6O2. The lowest BCUT2D eigenvalue weighted by Gasteiger charge is -2.35. The number of nitrogens with zero attached hydrogens (tertiary/aromatic N) is 5. The van der Waals surface area contributed by atoms with Gasteiger partial charge in [-0.2, -0.15) is 5.10 Å². The van der Waals surface area contributed by atoms with E-state index in [4.69, 9.17) is 4.99 Å². The zero-order valence-electron chi connectivity index (χ0n) is 15.1. The van der Waals surface area contributed by atoms with Crippen LogP contribution in [0.1, 0.15) is 32.2 Å². The molecule has 1 N–H and O–H groups in total. The predicted octanol–water partition coefficient (Wildman–Crippen LogP) is 0.980. The standard InChI is InChI=1S/C17H24N6O2/c1-5-8-9-22-13-14(21(4)17(25)19-15(13)24)18-16(22)23-12(7-3)10-11(6-2)20-23/h5,8,10,13-14H,6-7,9H2,1-4H3,(H,19,24,25)/b8-5+. The van der Waals surface area contributed by atoms with E-state index < -0.39 is 18.2 Å². The maximum absolute atomic E-state index is 12.5. The average Bonchev–Trinajstić information content (AvgIpc) is 3.18. The van der Waals surface area contributed by atoms with Gasteiger partial charge in [-0.3, -0.25) is 10.1 Å². The molecule has 0 aromatic carbocycles. The van der Waals surface area contributed by atoms with E-state index in [1.807, 2.05) is 28.7 Å². The predicted molar refractivity (Wildman–Crippen MR) is 94.2 cm³/mol. The minimum atomic E-state index is -0.548. The van der Waals surface area contributed by atoms with Crippen LogP contribution in [-0.4, -0.2) is 63.3 Å². The van der Waals surface area contributed by atoms with Crippen LogP contribution in [0.25, 0.3) is 0 Å². The summed E-state index contributed by atoms with van der Waals surface area (Å²) >= 11 is 0. The third-order valence-corrected chi connectivity index (χ3v) is 4.62. The topological polar surface area (TPSA) is 82.8 Å². The number of nitrogens with one attached hydrogen (secondary N) is 1. The largest absolute Gasteiger partial charge is 0.325 e. The molecule has 0 saturated carbocycles. The Bertz CT molecular complexity index is 750. The molecule has 3 heterocycles. The summed E-state index contributed by atoms with van der Waals surface area (Å²) in [6, 6.07) is 1.09. The van der Waals surface area contributed by atoms with Crippen LogP contribution >= 0.6 is 0 Å². The van der Waals surface area contributed by atoms with Gasteiger partial charge in [0.15, 0.2) is 12.2 Å². The van der Waals surface area contributed by atoms with Crippen LogP contribution in [0.5, 0.6) is 0 Å². The molecule has 1 aromatic rings. The molecule has 3 amide bonds. The normalized spacial score (nSPS) is 23.3. The van der Waals surface area contributed by atoms with Crippen LogP contribution in [0, 0.1) is 0 Å². The smallest absolute Gasteiger partial charge is 0.321 e. The molecule has 1 saturated heterocycles. The molecule has 1 fully saturated rings. The van der Waals surface area contributed by atoms with E-state index in [0.29, 0.717) is 12.5 Å². The highest BCUT2D eigenvalue weighted by Crippen LogP contribution is 2.25.